The Bertz CT molecular complexity index is 900. The molecule has 4 rings (SSSR count). The molecule has 2 heterocycles. The maximum Gasteiger partial charge on any atom is 0.280 e. The van der Waals surface area contributed by atoms with E-state index in [1.54, 1.807) is 13.1 Å². The lowest BCUT2D eigenvalue weighted by Gasteiger charge is -2.33. The Labute approximate surface area is 154 Å². The van der Waals surface area contributed by atoms with Crippen LogP contribution < -0.4 is 5.32 Å². The van der Waals surface area contributed by atoms with Crippen LogP contribution >= 0.6 is 11.3 Å². The number of aliphatic hydroxyl groups is 1. The lowest BCUT2D eigenvalue weighted by molar-refractivity contribution is 0.0901. The molecule has 7 nitrogen and oxygen atoms in total. The van der Waals surface area contributed by atoms with Gasteiger partial charge in [-0.25, -0.2) is 4.98 Å². The predicted octanol–water partition coefficient (Wildman–Crippen LogP) is 2.92. The van der Waals surface area contributed by atoms with E-state index < -0.39 is 6.10 Å². The largest absolute Gasteiger partial charge is 0.422 e. The second kappa shape index (κ2) is 6.97. The number of benzene rings is 1. The van der Waals surface area contributed by atoms with E-state index in [4.69, 9.17) is 4.42 Å². The first kappa shape index (κ1) is 16.9. The van der Waals surface area contributed by atoms with Crippen LogP contribution in [0.25, 0.3) is 10.4 Å². The van der Waals surface area contributed by atoms with Gasteiger partial charge < -0.3 is 14.8 Å². The van der Waals surface area contributed by atoms with Gasteiger partial charge in [-0.05, 0) is 25.3 Å². The number of carbonyl (C=O) groups is 1. The predicted molar refractivity (Wildman–Crippen MR) is 95.7 cm³/mol. The first-order chi connectivity index (χ1) is 12.6. The van der Waals surface area contributed by atoms with Crippen LogP contribution in [-0.2, 0) is 0 Å². The quantitative estimate of drug-likeness (QED) is 0.716. The minimum absolute atomic E-state index is 0.0680. The topological polar surface area (TPSA) is 101 Å². The van der Waals surface area contributed by atoms with Crippen molar-refractivity contribution in [3.8, 4) is 10.4 Å². The molecule has 3 aromatic rings. The Morgan fingerprint density at radius 3 is 2.77 bits per heavy atom. The molecule has 2 aromatic heterocycles. The highest BCUT2D eigenvalue weighted by molar-refractivity contribution is 7.16. The van der Waals surface area contributed by atoms with Crippen molar-refractivity contribution >= 4 is 17.2 Å². The van der Waals surface area contributed by atoms with Crippen molar-refractivity contribution in [2.24, 2.45) is 0 Å². The Morgan fingerprint density at radius 2 is 2.08 bits per heavy atom. The van der Waals surface area contributed by atoms with Crippen LogP contribution in [0.2, 0.25) is 0 Å². The summed E-state index contributed by atoms with van der Waals surface area (Å²) >= 11 is 1.38. The third-order valence-corrected chi connectivity index (χ3v) is 5.44. The van der Waals surface area contributed by atoms with Gasteiger partial charge >= 0.3 is 0 Å². The Kier molecular flexibility index (Phi) is 4.52. The highest BCUT2D eigenvalue weighted by Gasteiger charge is 2.35. The number of carbonyl (C=O) groups excluding carboxylic acids is 1. The Morgan fingerprint density at radius 1 is 1.31 bits per heavy atom. The first-order valence-electron chi connectivity index (χ1n) is 8.43. The lowest BCUT2D eigenvalue weighted by atomic mass is 9.80. The lowest BCUT2D eigenvalue weighted by Crippen LogP contribution is -2.43. The molecule has 8 heteroatoms. The van der Waals surface area contributed by atoms with Crippen molar-refractivity contribution in [1.82, 2.24) is 20.5 Å². The molecule has 1 aliphatic rings. The third-order valence-electron chi connectivity index (χ3n) is 4.39. The molecule has 0 saturated heterocycles. The SMILES string of the molecule is C[C@@H](O)c1nnc(C2CC(NC(=O)c3ncc(-c4ccccc4)s3)C2)o1. The van der Waals surface area contributed by atoms with Gasteiger partial charge in [0.2, 0.25) is 11.8 Å². The summed E-state index contributed by atoms with van der Waals surface area (Å²) in [5.74, 6) is 0.711. The van der Waals surface area contributed by atoms with Gasteiger partial charge in [0.25, 0.3) is 5.91 Å². The van der Waals surface area contributed by atoms with E-state index in [1.807, 2.05) is 30.3 Å². The maximum absolute atomic E-state index is 12.4. The fourth-order valence-electron chi connectivity index (χ4n) is 2.88. The molecule has 2 N–H and O–H groups in total. The minimum atomic E-state index is -0.768. The molecule has 1 amide bonds. The van der Waals surface area contributed by atoms with Crippen LogP contribution in [0.15, 0.2) is 40.9 Å². The van der Waals surface area contributed by atoms with Crippen molar-refractivity contribution in [3.05, 3.63) is 53.3 Å². The van der Waals surface area contributed by atoms with Gasteiger partial charge in [-0.15, -0.1) is 21.5 Å². The normalized spacial score (nSPS) is 20.4. The standard InChI is InChI=1S/C18H18N4O3S/c1-10(23)16-21-22-17(25-16)12-7-13(8-12)20-15(24)18-19-9-14(26-18)11-5-3-2-4-6-11/h2-6,9-10,12-13,23H,7-8H2,1H3,(H,20,24)/t10-,12?,13?/m1/s1. The van der Waals surface area contributed by atoms with Crippen LogP contribution in [0.5, 0.6) is 0 Å². The number of thiazole rings is 1. The van der Waals surface area contributed by atoms with Crippen LogP contribution in [0, 0.1) is 0 Å². The monoisotopic (exact) mass is 370 g/mol. The summed E-state index contributed by atoms with van der Waals surface area (Å²) in [7, 11) is 0. The number of amides is 1. The molecule has 0 bridgehead atoms. The summed E-state index contributed by atoms with van der Waals surface area (Å²) in [5, 5.41) is 20.7. The molecule has 26 heavy (non-hydrogen) atoms. The molecular formula is C18H18N4O3S. The van der Waals surface area contributed by atoms with Crippen LogP contribution in [0.1, 0.15) is 53.4 Å². The highest BCUT2D eigenvalue weighted by atomic mass is 32.1. The molecular weight excluding hydrogens is 352 g/mol. The molecule has 1 atom stereocenters. The number of nitrogens with zero attached hydrogens (tertiary/aromatic N) is 3. The molecule has 0 aliphatic heterocycles. The number of hydrogen-bond acceptors (Lipinski definition) is 7. The van der Waals surface area contributed by atoms with E-state index in [9.17, 15) is 9.90 Å². The molecule has 0 spiro atoms. The van der Waals surface area contributed by atoms with Gasteiger partial charge in [-0.2, -0.15) is 0 Å². The Hall–Kier alpha value is -2.58. The molecule has 1 aromatic carbocycles. The van der Waals surface area contributed by atoms with Gasteiger partial charge in [-0.1, -0.05) is 30.3 Å². The molecule has 0 radical (unpaired) electrons. The molecule has 0 unspecified atom stereocenters. The van der Waals surface area contributed by atoms with Crippen LogP contribution in [0.4, 0.5) is 0 Å². The number of aromatic nitrogens is 3. The van der Waals surface area contributed by atoms with E-state index in [0.717, 1.165) is 23.3 Å². The average Bonchev–Trinajstić information content (AvgIpc) is 3.28. The van der Waals surface area contributed by atoms with E-state index in [1.165, 1.54) is 11.3 Å². The zero-order chi connectivity index (χ0) is 18.1. The molecule has 1 saturated carbocycles. The van der Waals surface area contributed by atoms with Gasteiger partial charge in [0, 0.05) is 18.2 Å². The van der Waals surface area contributed by atoms with Crippen molar-refractivity contribution < 1.29 is 14.3 Å². The summed E-state index contributed by atoms with van der Waals surface area (Å²) in [6.07, 6.45) is 2.44. The summed E-state index contributed by atoms with van der Waals surface area (Å²) < 4.78 is 5.44. The third kappa shape index (κ3) is 3.38. The number of hydrogen-bond donors (Lipinski definition) is 2. The summed E-state index contributed by atoms with van der Waals surface area (Å²) in [6, 6.07) is 9.94. The number of aliphatic hydroxyl groups excluding tert-OH is 1. The van der Waals surface area contributed by atoms with Gasteiger partial charge in [0.05, 0.1) is 4.88 Å². The van der Waals surface area contributed by atoms with E-state index >= 15 is 0 Å². The molecule has 1 fully saturated rings. The number of nitrogens with one attached hydrogen (secondary N) is 1. The molecule has 1 aliphatic carbocycles. The zero-order valence-corrected chi connectivity index (χ0v) is 14.9. The van der Waals surface area contributed by atoms with Crippen molar-refractivity contribution in [3.63, 3.8) is 0 Å². The second-order valence-corrected chi connectivity index (χ2v) is 7.42. The second-order valence-electron chi connectivity index (χ2n) is 6.39. The maximum atomic E-state index is 12.4. The summed E-state index contributed by atoms with van der Waals surface area (Å²) in [4.78, 5) is 17.6. The van der Waals surface area contributed by atoms with E-state index in [-0.39, 0.29) is 23.8 Å². The molecule has 134 valence electrons. The van der Waals surface area contributed by atoms with Crippen LogP contribution in [-0.4, -0.2) is 32.2 Å². The summed E-state index contributed by atoms with van der Waals surface area (Å²) in [6.45, 7) is 1.58. The highest BCUT2D eigenvalue weighted by Crippen LogP contribution is 2.37. The van der Waals surface area contributed by atoms with Crippen molar-refractivity contribution in [1.29, 1.82) is 0 Å². The van der Waals surface area contributed by atoms with Gasteiger partial charge in [-0.3, -0.25) is 4.79 Å². The van der Waals surface area contributed by atoms with Crippen molar-refractivity contribution in [2.75, 3.05) is 0 Å². The minimum Gasteiger partial charge on any atom is -0.422 e. The van der Waals surface area contributed by atoms with E-state index in [0.29, 0.717) is 10.9 Å². The Balaban J connectivity index is 1.33. The van der Waals surface area contributed by atoms with Gasteiger partial charge in [0.1, 0.15) is 6.10 Å². The summed E-state index contributed by atoms with van der Waals surface area (Å²) in [5.41, 5.74) is 1.05. The zero-order valence-electron chi connectivity index (χ0n) is 14.1. The van der Waals surface area contributed by atoms with Crippen LogP contribution in [0.3, 0.4) is 0 Å². The average molecular weight is 370 g/mol. The fourth-order valence-corrected chi connectivity index (χ4v) is 3.70. The van der Waals surface area contributed by atoms with E-state index in [2.05, 4.69) is 20.5 Å². The fraction of sp³-hybridized carbons (Fsp3) is 0.333. The van der Waals surface area contributed by atoms with Crippen molar-refractivity contribution in [2.45, 2.75) is 37.8 Å². The first-order valence-corrected chi connectivity index (χ1v) is 9.25. The smallest absolute Gasteiger partial charge is 0.280 e. The number of rotatable bonds is 5. The van der Waals surface area contributed by atoms with Gasteiger partial charge in [0.15, 0.2) is 5.01 Å².